The largest absolute Gasteiger partial charge is 0.0654 e. The summed E-state index contributed by atoms with van der Waals surface area (Å²) in [5.41, 5.74) is 8.78. The lowest BCUT2D eigenvalue weighted by Gasteiger charge is -2.13. The molecular formula is C22H24. The first-order valence-corrected chi connectivity index (χ1v) is 8.34. The molecule has 0 atom stereocenters. The van der Waals surface area contributed by atoms with Gasteiger partial charge >= 0.3 is 0 Å². The van der Waals surface area contributed by atoms with Crippen LogP contribution in [0.4, 0.5) is 0 Å². The average Bonchev–Trinajstić information content (AvgIpc) is 2.91. The van der Waals surface area contributed by atoms with Crippen molar-refractivity contribution in [2.24, 2.45) is 0 Å². The minimum absolute atomic E-state index is 1.13. The Bertz CT molecular complexity index is 687. The molecular weight excluding hydrogens is 264 g/mol. The third-order valence-electron chi connectivity index (χ3n) is 4.47. The maximum atomic E-state index is 2.30. The number of allylic oxidation sites excluding steroid dienone is 4. The molecule has 112 valence electrons. The van der Waals surface area contributed by atoms with E-state index in [9.17, 15) is 0 Å². The highest BCUT2D eigenvalue weighted by molar-refractivity contribution is 6.09. The van der Waals surface area contributed by atoms with E-state index in [1.165, 1.54) is 47.1 Å². The van der Waals surface area contributed by atoms with Crippen molar-refractivity contribution >= 4 is 11.1 Å². The third-order valence-corrected chi connectivity index (χ3v) is 4.47. The van der Waals surface area contributed by atoms with E-state index < -0.39 is 0 Å². The number of hydrogen-bond donors (Lipinski definition) is 0. The fourth-order valence-corrected chi connectivity index (χ4v) is 3.44. The van der Waals surface area contributed by atoms with Crippen molar-refractivity contribution in [3.8, 4) is 0 Å². The molecule has 1 aliphatic carbocycles. The zero-order chi connectivity index (χ0) is 15.4. The SMILES string of the molecule is CCCCC1=C(c2ccccc2)C(c2ccccc2)=C(C)C1. The minimum atomic E-state index is 1.13. The van der Waals surface area contributed by atoms with Gasteiger partial charge in [0, 0.05) is 0 Å². The Hall–Kier alpha value is -2.08. The van der Waals surface area contributed by atoms with Gasteiger partial charge in [0.2, 0.25) is 0 Å². The quantitative estimate of drug-likeness (QED) is 0.588. The Labute approximate surface area is 134 Å². The van der Waals surface area contributed by atoms with Crippen LogP contribution in [0.5, 0.6) is 0 Å². The topological polar surface area (TPSA) is 0 Å². The Kier molecular flexibility index (Phi) is 4.58. The van der Waals surface area contributed by atoms with Crippen molar-refractivity contribution in [1.29, 1.82) is 0 Å². The van der Waals surface area contributed by atoms with Crippen LogP contribution in [0.2, 0.25) is 0 Å². The molecule has 0 radical (unpaired) electrons. The maximum absolute atomic E-state index is 2.30. The summed E-state index contributed by atoms with van der Waals surface area (Å²) in [6.45, 7) is 4.57. The lowest BCUT2D eigenvalue weighted by molar-refractivity contribution is 0.776. The first-order chi connectivity index (χ1) is 10.8. The van der Waals surface area contributed by atoms with Crippen molar-refractivity contribution in [2.75, 3.05) is 0 Å². The number of benzene rings is 2. The second-order valence-corrected chi connectivity index (χ2v) is 6.15. The van der Waals surface area contributed by atoms with E-state index in [0.29, 0.717) is 0 Å². The summed E-state index contributed by atoms with van der Waals surface area (Å²) >= 11 is 0. The van der Waals surface area contributed by atoms with Crippen LogP contribution in [0.1, 0.15) is 50.7 Å². The molecule has 0 saturated heterocycles. The van der Waals surface area contributed by atoms with Gasteiger partial charge in [-0.05, 0) is 48.5 Å². The molecule has 0 nitrogen and oxygen atoms in total. The van der Waals surface area contributed by atoms with Gasteiger partial charge in [-0.25, -0.2) is 0 Å². The minimum Gasteiger partial charge on any atom is -0.0654 e. The highest BCUT2D eigenvalue weighted by atomic mass is 14.3. The Balaban J connectivity index is 2.10. The summed E-state index contributed by atoms with van der Waals surface area (Å²) in [6.07, 6.45) is 4.88. The van der Waals surface area contributed by atoms with Crippen molar-refractivity contribution in [1.82, 2.24) is 0 Å². The molecule has 0 spiro atoms. The molecule has 0 unspecified atom stereocenters. The second kappa shape index (κ2) is 6.79. The lowest BCUT2D eigenvalue weighted by Crippen LogP contribution is -1.91. The molecule has 0 amide bonds. The summed E-state index contributed by atoms with van der Waals surface area (Å²) in [6, 6.07) is 21.8. The maximum Gasteiger partial charge on any atom is -0.00923 e. The number of rotatable bonds is 5. The molecule has 1 aliphatic rings. The average molecular weight is 288 g/mol. The van der Waals surface area contributed by atoms with Crippen LogP contribution in [0.15, 0.2) is 71.8 Å². The molecule has 2 aromatic carbocycles. The smallest absolute Gasteiger partial charge is 0.00923 e. The fraction of sp³-hybridized carbons (Fsp3) is 0.273. The van der Waals surface area contributed by atoms with E-state index in [4.69, 9.17) is 0 Å². The van der Waals surface area contributed by atoms with Gasteiger partial charge in [-0.2, -0.15) is 0 Å². The first kappa shape index (κ1) is 14.8. The highest BCUT2D eigenvalue weighted by Crippen LogP contribution is 2.45. The Morgan fingerprint density at radius 3 is 1.86 bits per heavy atom. The van der Waals surface area contributed by atoms with Crippen LogP contribution in [-0.4, -0.2) is 0 Å². The van der Waals surface area contributed by atoms with E-state index in [2.05, 4.69) is 74.5 Å². The normalized spacial score (nSPS) is 14.8. The molecule has 0 aromatic heterocycles. The van der Waals surface area contributed by atoms with E-state index in [1.54, 1.807) is 5.57 Å². The van der Waals surface area contributed by atoms with Crippen molar-refractivity contribution < 1.29 is 0 Å². The van der Waals surface area contributed by atoms with Crippen molar-refractivity contribution in [2.45, 2.75) is 39.5 Å². The van der Waals surface area contributed by atoms with Gasteiger partial charge in [0.1, 0.15) is 0 Å². The van der Waals surface area contributed by atoms with Gasteiger partial charge in [-0.1, -0.05) is 85.2 Å². The molecule has 0 aliphatic heterocycles. The molecule has 0 N–H and O–H groups in total. The fourth-order valence-electron chi connectivity index (χ4n) is 3.44. The zero-order valence-electron chi connectivity index (χ0n) is 13.6. The molecule has 0 saturated carbocycles. The van der Waals surface area contributed by atoms with Crippen LogP contribution < -0.4 is 0 Å². The van der Waals surface area contributed by atoms with Gasteiger partial charge in [0.05, 0.1) is 0 Å². The summed E-state index contributed by atoms with van der Waals surface area (Å²) in [4.78, 5) is 0. The first-order valence-electron chi connectivity index (χ1n) is 8.34. The predicted molar refractivity (Wildman–Crippen MR) is 96.5 cm³/mol. The summed E-state index contributed by atoms with van der Waals surface area (Å²) in [5.74, 6) is 0. The summed E-state index contributed by atoms with van der Waals surface area (Å²) < 4.78 is 0. The van der Waals surface area contributed by atoms with Crippen LogP contribution in [0, 0.1) is 0 Å². The van der Waals surface area contributed by atoms with Crippen LogP contribution >= 0.6 is 0 Å². The molecule has 0 heterocycles. The van der Waals surface area contributed by atoms with Crippen molar-refractivity contribution in [3.05, 3.63) is 82.9 Å². The van der Waals surface area contributed by atoms with Crippen LogP contribution in [-0.2, 0) is 0 Å². The number of hydrogen-bond acceptors (Lipinski definition) is 0. The Morgan fingerprint density at radius 2 is 1.32 bits per heavy atom. The van der Waals surface area contributed by atoms with Gasteiger partial charge < -0.3 is 0 Å². The summed E-state index contributed by atoms with van der Waals surface area (Å²) in [7, 11) is 0. The highest BCUT2D eigenvalue weighted by Gasteiger charge is 2.23. The molecule has 0 heteroatoms. The van der Waals surface area contributed by atoms with E-state index in [0.717, 1.165) is 6.42 Å². The third kappa shape index (κ3) is 2.92. The Morgan fingerprint density at radius 1 is 0.773 bits per heavy atom. The zero-order valence-corrected chi connectivity index (χ0v) is 13.6. The number of unbranched alkanes of at least 4 members (excludes halogenated alkanes) is 1. The summed E-state index contributed by atoms with van der Waals surface area (Å²) in [5, 5.41) is 0. The van der Waals surface area contributed by atoms with E-state index >= 15 is 0 Å². The van der Waals surface area contributed by atoms with Crippen molar-refractivity contribution in [3.63, 3.8) is 0 Å². The van der Waals surface area contributed by atoms with E-state index in [1.807, 2.05) is 0 Å². The predicted octanol–water partition coefficient (Wildman–Crippen LogP) is 6.51. The molecule has 2 aromatic rings. The van der Waals surface area contributed by atoms with Gasteiger partial charge in [0.15, 0.2) is 0 Å². The lowest BCUT2D eigenvalue weighted by atomic mass is 9.91. The van der Waals surface area contributed by atoms with E-state index in [-0.39, 0.29) is 0 Å². The van der Waals surface area contributed by atoms with Gasteiger partial charge in [-0.3, -0.25) is 0 Å². The van der Waals surface area contributed by atoms with Gasteiger partial charge in [0.25, 0.3) is 0 Å². The monoisotopic (exact) mass is 288 g/mol. The van der Waals surface area contributed by atoms with Crippen LogP contribution in [0.25, 0.3) is 11.1 Å². The van der Waals surface area contributed by atoms with Crippen LogP contribution in [0.3, 0.4) is 0 Å². The molecule has 3 rings (SSSR count). The molecule has 22 heavy (non-hydrogen) atoms. The second-order valence-electron chi connectivity index (χ2n) is 6.15. The molecule has 0 bridgehead atoms. The standard InChI is InChI=1S/C22H24/c1-3-4-11-20-16-17(2)21(18-12-7-5-8-13-18)22(20)19-14-9-6-10-15-19/h5-10,12-15H,3-4,11,16H2,1-2H3. The van der Waals surface area contributed by atoms with Gasteiger partial charge in [-0.15, -0.1) is 0 Å². The molecule has 0 fully saturated rings.